The van der Waals surface area contributed by atoms with Crippen LogP contribution in [-0.2, 0) is 4.74 Å². The molecule has 0 heterocycles. The lowest BCUT2D eigenvalue weighted by Gasteiger charge is -2.04. The van der Waals surface area contributed by atoms with Crippen molar-refractivity contribution < 1.29 is 14.3 Å². The Bertz CT molecular complexity index is 559. The Hall–Kier alpha value is -2.94. The average Bonchev–Trinajstić information content (AvgIpc) is 2.62. The van der Waals surface area contributed by atoms with Gasteiger partial charge in [-0.3, -0.25) is 4.79 Å². The van der Waals surface area contributed by atoms with Gasteiger partial charge in [0.25, 0.3) is 0 Å². The fourth-order valence-corrected chi connectivity index (χ4v) is 1.50. The number of hydrogen-bond acceptors (Lipinski definition) is 3. The van der Waals surface area contributed by atoms with Gasteiger partial charge < -0.3 is 4.74 Å². The van der Waals surface area contributed by atoms with Gasteiger partial charge in [-0.1, -0.05) is 60.7 Å². The molecule has 0 aliphatic carbocycles. The van der Waals surface area contributed by atoms with Crippen molar-refractivity contribution in [3.8, 4) is 0 Å². The predicted octanol–water partition coefficient (Wildman–Crippen LogP) is 5.11. The van der Waals surface area contributed by atoms with Gasteiger partial charge in [0.1, 0.15) is 0 Å². The third-order valence-electron chi connectivity index (χ3n) is 2.44. The van der Waals surface area contributed by atoms with E-state index >= 15 is 0 Å². The van der Waals surface area contributed by atoms with E-state index < -0.39 is 5.97 Å². The van der Waals surface area contributed by atoms with Crippen LogP contribution in [0.25, 0.3) is 0 Å². The van der Waals surface area contributed by atoms with Crippen LogP contribution in [0.5, 0.6) is 0 Å². The van der Waals surface area contributed by atoms with Gasteiger partial charge in [-0.2, -0.15) is 0 Å². The largest absolute Gasteiger partial charge is 0.454 e. The number of carbonyl (C=O) groups is 2. The van der Waals surface area contributed by atoms with Gasteiger partial charge in [0.05, 0.1) is 5.56 Å². The van der Waals surface area contributed by atoms with Crippen LogP contribution in [0.15, 0.2) is 86.0 Å². The van der Waals surface area contributed by atoms with Gasteiger partial charge in [0.2, 0.25) is 0 Å². The van der Waals surface area contributed by atoms with Crippen molar-refractivity contribution in [2.45, 2.75) is 13.8 Å². The van der Waals surface area contributed by atoms with Crippen molar-refractivity contribution in [1.82, 2.24) is 0 Å². The molecule has 126 valence electrons. The van der Waals surface area contributed by atoms with E-state index in [2.05, 4.69) is 13.2 Å². The minimum Gasteiger partial charge on any atom is -0.454 e. The molecule has 0 fully saturated rings. The summed E-state index contributed by atoms with van der Waals surface area (Å²) in [6.45, 7) is 10.3. The minimum atomic E-state index is -0.486. The van der Waals surface area contributed by atoms with E-state index in [1.54, 1.807) is 60.7 Å². The van der Waals surface area contributed by atoms with E-state index in [4.69, 9.17) is 4.74 Å². The normalized spacial score (nSPS) is 8.42. The van der Waals surface area contributed by atoms with Crippen molar-refractivity contribution >= 4 is 11.8 Å². The number of allylic oxidation sites excluding steroid dienone is 2. The maximum atomic E-state index is 11.7. The molecule has 0 aromatic heterocycles. The first-order valence-electron chi connectivity index (χ1n) is 7.55. The van der Waals surface area contributed by atoms with E-state index in [0.29, 0.717) is 11.1 Å². The Morgan fingerprint density at radius 2 is 1.21 bits per heavy atom. The molecule has 0 aliphatic rings. The molecule has 2 aromatic rings. The molecule has 2 rings (SSSR count). The molecule has 0 unspecified atom stereocenters. The molecule has 0 spiro atoms. The number of ketones is 1. The van der Waals surface area contributed by atoms with Crippen LogP contribution >= 0.6 is 0 Å². The summed E-state index contributed by atoms with van der Waals surface area (Å²) in [5.74, 6) is -0.695. The van der Waals surface area contributed by atoms with Crippen LogP contribution in [0.1, 0.15) is 34.6 Å². The lowest BCUT2D eigenvalue weighted by Crippen LogP contribution is -2.14. The summed E-state index contributed by atoms with van der Waals surface area (Å²) in [4.78, 5) is 23.3. The Morgan fingerprint density at radius 1 is 0.833 bits per heavy atom. The zero-order valence-electron chi connectivity index (χ0n) is 14.3. The molecule has 3 nitrogen and oxygen atoms in total. The average molecular weight is 324 g/mol. The highest BCUT2D eigenvalue weighted by Crippen LogP contribution is 2.04. The molecule has 0 aliphatic heterocycles. The van der Waals surface area contributed by atoms with Crippen molar-refractivity contribution in [3.05, 3.63) is 97.1 Å². The molecule has 0 bridgehead atoms. The summed E-state index contributed by atoms with van der Waals surface area (Å²) in [5.41, 5.74) is 0.983. The molecule has 0 saturated heterocycles. The summed E-state index contributed by atoms with van der Waals surface area (Å²) in [6, 6.07) is 17.4. The SMILES string of the molecule is C=CC.C=CC.O=C(COC(=O)c1ccccc1)c1ccccc1. The molecule has 24 heavy (non-hydrogen) atoms. The van der Waals surface area contributed by atoms with E-state index in [9.17, 15) is 9.59 Å². The highest BCUT2D eigenvalue weighted by molar-refractivity contribution is 5.99. The Kier molecular flexibility index (Phi) is 12.0. The number of carbonyl (C=O) groups excluding carboxylic acids is 2. The van der Waals surface area contributed by atoms with Gasteiger partial charge in [-0.05, 0) is 26.0 Å². The van der Waals surface area contributed by atoms with Gasteiger partial charge >= 0.3 is 5.97 Å². The standard InChI is InChI=1S/C15H12O3.2C3H6/c16-14(12-7-3-1-4-8-12)11-18-15(17)13-9-5-2-6-10-13;2*1-3-2/h1-10H,11H2;2*3H,1H2,2H3. The van der Waals surface area contributed by atoms with Crippen LogP contribution in [0.3, 0.4) is 0 Å². The number of rotatable bonds is 4. The fraction of sp³-hybridized carbons (Fsp3) is 0.143. The third kappa shape index (κ3) is 9.15. The highest BCUT2D eigenvalue weighted by Gasteiger charge is 2.10. The first kappa shape index (κ1) is 21.1. The zero-order valence-corrected chi connectivity index (χ0v) is 14.3. The Balaban J connectivity index is 0.000000772. The van der Waals surface area contributed by atoms with Crippen molar-refractivity contribution in [3.63, 3.8) is 0 Å². The van der Waals surface area contributed by atoms with Gasteiger partial charge in [0.15, 0.2) is 12.4 Å². The van der Waals surface area contributed by atoms with Crippen LogP contribution < -0.4 is 0 Å². The smallest absolute Gasteiger partial charge is 0.338 e. The third-order valence-corrected chi connectivity index (χ3v) is 2.44. The predicted molar refractivity (Wildman–Crippen MR) is 99.2 cm³/mol. The summed E-state index contributed by atoms with van der Waals surface area (Å²) in [6.07, 6.45) is 3.50. The molecule has 0 saturated carbocycles. The van der Waals surface area contributed by atoms with E-state index in [1.807, 2.05) is 26.0 Å². The van der Waals surface area contributed by atoms with E-state index in [1.165, 1.54) is 0 Å². The van der Waals surface area contributed by atoms with Crippen molar-refractivity contribution in [2.24, 2.45) is 0 Å². The minimum absolute atomic E-state index is 0.208. The molecule has 0 N–H and O–H groups in total. The second-order valence-electron chi connectivity index (χ2n) is 4.55. The number of Topliss-reactive ketones (excluding diaryl/α,β-unsaturated/α-hetero) is 1. The monoisotopic (exact) mass is 324 g/mol. The number of benzene rings is 2. The second-order valence-corrected chi connectivity index (χ2v) is 4.55. The van der Waals surface area contributed by atoms with E-state index in [-0.39, 0.29) is 12.4 Å². The Labute approximate surface area is 144 Å². The summed E-state index contributed by atoms with van der Waals surface area (Å²) in [7, 11) is 0. The first-order valence-corrected chi connectivity index (χ1v) is 7.55. The van der Waals surface area contributed by atoms with Crippen molar-refractivity contribution in [2.75, 3.05) is 6.61 Å². The van der Waals surface area contributed by atoms with Crippen LogP contribution in [-0.4, -0.2) is 18.4 Å². The molecular formula is C21H24O3. The lowest BCUT2D eigenvalue weighted by atomic mass is 10.1. The summed E-state index contributed by atoms with van der Waals surface area (Å²) in [5, 5.41) is 0. The topological polar surface area (TPSA) is 43.4 Å². The fourth-order valence-electron chi connectivity index (χ4n) is 1.50. The Morgan fingerprint density at radius 3 is 1.62 bits per heavy atom. The maximum Gasteiger partial charge on any atom is 0.338 e. The van der Waals surface area contributed by atoms with Crippen LogP contribution in [0, 0.1) is 0 Å². The van der Waals surface area contributed by atoms with E-state index in [0.717, 1.165) is 0 Å². The molecular weight excluding hydrogens is 300 g/mol. The number of hydrogen-bond donors (Lipinski definition) is 0. The summed E-state index contributed by atoms with van der Waals surface area (Å²) >= 11 is 0. The van der Waals surface area contributed by atoms with Crippen molar-refractivity contribution in [1.29, 1.82) is 0 Å². The molecule has 0 radical (unpaired) electrons. The first-order chi connectivity index (χ1) is 11.6. The lowest BCUT2D eigenvalue weighted by molar-refractivity contribution is 0.0475. The second kappa shape index (κ2) is 13.7. The van der Waals surface area contributed by atoms with Gasteiger partial charge in [-0.25, -0.2) is 4.79 Å². The maximum absolute atomic E-state index is 11.7. The van der Waals surface area contributed by atoms with Crippen LogP contribution in [0.4, 0.5) is 0 Å². The highest BCUT2D eigenvalue weighted by atomic mass is 16.5. The van der Waals surface area contributed by atoms with Crippen LogP contribution in [0.2, 0.25) is 0 Å². The number of ether oxygens (including phenoxy) is 1. The molecule has 0 amide bonds. The zero-order chi connectivity index (χ0) is 18.2. The molecule has 0 atom stereocenters. The molecule has 2 aromatic carbocycles. The molecule has 3 heteroatoms. The summed E-state index contributed by atoms with van der Waals surface area (Å²) < 4.78 is 4.96. The van der Waals surface area contributed by atoms with Gasteiger partial charge in [-0.15, -0.1) is 13.2 Å². The van der Waals surface area contributed by atoms with Gasteiger partial charge in [0, 0.05) is 5.56 Å². The quantitative estimate of drug-likeness (QED) is 0.446. The number of esters is 1.